The van der Waals surface area contributed by atoms with E-state index >= 15 is 0 Å². The van der Waals surface area contributed by atoms with Crippen LogP contribution in [0.1, 0.15) is 59.3 Å². The van der Waals surface area contributed by atoms with Crippen molar-refractivity contribution >= 4 is 5.97 Å². The van der Waals surface area contributed by atoms with E-state index in [1.807, 2.05) is 0 Å². The highest BCUT2D eigenvalue weighted by Crippen LogP contribution is 2.39. The molecule has 1 atom stereocenters. The van der Waals surface area contributed by atoms with Crippen molar-refractivity contribution < 1.29 is 9.53 Å². The second-order valence-electron chi connectivity index (χ2n) is 6.16. The van der Waals surface area contributed by atoms with Crippen LogP contribution in [0, 0.1) is 17.3 Å². The molecular formula is C15H29NO2. The highest BCUT2D eigenvalue weighted by molar-refractivity contribution is 5.77. The van der Waals surface area contributed by atoms with Crippen LogP contribution in [0.15, 0.2) is 0 Å². The predicted octanol–water partition coefficient (Wildman–Crippen LogP) is 3.12. The number of hydrogen-bond donors (Lipinski definition) is 1. The van der Waals surface area contributed by atoms with Gasteiger partial charge in [0.2, 0.25) is 0 Å². The minimum atomic E-state index is -0.390. The summed E-state index contributed by atoms with van der Waals surface area (Å²) in [7, 11) is 0. The summed E-state index contributed by atoms with van der Waals surface area (Å²) < 4.78 is 5.51. The molecule has 0 amide bonds. The lowest BCUT2D eigenvalue weighted by atomic mass is 9.71. The average Bonchev–Trinajstić information content (AvgIpc) is 2.38. The molecule has 1 aliphatic carbocycles. The van der Waals surface area contributed by atoms with Gasteiger partial charge in [-0.05, 0) is 43.9 Å². The first-order valence-electron chi connectivity index (χ1n) is 7.41. The standard InChI is InChI=1S/C15H29NO2/c1-4-5-13(3)10-18-14(17)15(11-16)8-6-12(2)7-9-15/h12-13H,4-11,16H2,1-3H3. The molecule has 0 radical (unpaired) electrons. The number of carbonyl (C=O) groups excluding carboxylic acids is 1. The van der Waals surface area contributed by atoms with E-state index in [9.17, 15) is 4.79 Å². The van der Waals surface area contributed by atoms with Gasteiger partial charge in [0, 0.05) is 6.54 Å². The number of carbonyl (C=O) groups is 1. The summed E-state index contributed by atoms with van der Waals surface area (Å²) in [6.45, 7) is 7.51. The van der Waals surface area contributed by atoms with Crippen molar-refractivity contribution in [2.75, 3.05) is 13.2 Å². The van der Waals surface area contributed by atoms with Gasteiger partial charge in [-0.1, -0.05) is 27.2 Å². The maximum Gasteiger partial charge on any atom is 0.313 e. The molecule has 0 aromatic rings. The first kappa shape index (κ1) is 15.5. The lowest BCUT2D eigenvalue weighted by Crippen LogP contribution is -2.43. The van der Waals surface area contributed by atoms with Crippen molar-refractivity contribution in [2.45, 2.75) is 59.3 Å². The summed E-state index contributed by atoms with van der Waals surface area (Å²) in [4.78, 5) is 12.3. The monoisotopic (exact) mass is 255 g/mol. The molecule has 1 rings (SSSR count). The Kier molecular flexibility index (Phi) is 6.13. The fourth-order valence-electron chi connectivity index (χ4n) is 2.75. The van der Waals surface area contributed by atoms with Crippen LogP contribution in [0.3, 0.4) is 0 Å². The molecule has 0 heterocycles. The summed E-state index contributed by atoms with van der Waals surface area (Å²) in [5, 5.41) is 0. The Morgan fingerprint density at radius 1 is 1.44 bits per heavy atom. The van der Waals surface area contributed by atoms with Crippen LogP contribution in [-0.2, 0) is 9.53 Å². The first-order valence-corrected chi connectivity index (χ1v) is 7.41. The van der Waals surface area contributed by atoms with E-state index < -0.39 is 5.41 Å². The fourth-order valence-corrected chi connectivity index (χ4v) is 2.75. The van der Waals surface area contributed by atoms with Crippen molar-refractivity contribution in [1.29, 1.82) is 0 Å². The van der Waals surface area contributed by atoms with E-state index in [0.717, 1.165) is 44.4 Å². The smallest absolute Gasteiger partial charge is 0.313 e. The lowest BCUT2D eigenvalue weighted by Gasteiger charge is -2.36. The van der Waals surface area contributed by atoms with Gasteiger partial charge in [0.1, 0.15) is 0 Å². The van der Waals surface area contributed by atoms with E-state index in [-0.39, 0.29) is 5.97 Å². The summed E-state index contributed by atoms with van der Waals surface area (Å²) in [5.74, 6) is 1.12. The second kappa shape index (κ2) is 7.13. The van der Waals surface area contributed by atoms with Gasteiger partial charge >= 0.3 is 5.97 Å². The molecule has 1 unspecified atom stereocenters. The Labute approximate surface area is 111 Å². The second-order valence-corrected chi connectivity index (χ2v) is 6.16. The molecule has 2 N–H and O–H groups in total. The SMILES string of the molecule is CCCC(C)COC(=O)C1(CN)CCC(C)CC1. The number of hydrogen-bond acceptors (Lipinski definition) is 3. The van der Waals surface area contributed by atoms with Gasteiger partial charge in [0.25, 0.3) is 0 Å². The van der Waals surface area contributed by atoms with Gasteiger partial charge in [-0.25, -0.2) is 0 Å². The molecule has 1 saturated carbocycles. The van der Waals surface area contributed by atoms with Crippen LogP contribution in [0.25, 0.3) is 0 Å². The van der Waals surface area contributed by atoms with Crippen molar-refractivity contribution in [3.8, 4) is 0 Å². The molecule has 0 aliphatic heterocycles. The molecule has 1 fully saturated rings. The maximum absolute atomic E-state index is 12.3. The molecule has 106 valence electrons. The molecule has 0 aromatic carbocycles. The first-order chi connectivity index (χ1) is 8.54. The van der Waals surface area contributed by atoms with Crippen LogP contribution >= 0.6 is 0 Å². The fraction of sp³-hybridized carbons (Fsp3) is 0.933. The van der Waals surface area contributed by atoms with Gasteiger partial charge in [0.05, 0.1) is 12.0 Å². The Hall–Kier alpha value is -0.570. The third-order valence-electron chi connectivity index (χ3n) is 4.34. The third kappa shape index (κ3) is 3.98. The molecular weight excluding hydrogens is 226 g/mol. The Morgan fingerprint density at radius 2 is 2.06 bits per heavy atom. The highest BCUT2D eigenvalue weighted by Gasteiger charge is 2.41. The zero-order valence-electron chi connectivity index (χ0n) is 12.2. The van der Waals surface area contributed by atoms with Crippen molar-refractivity contribution in [3.05, 3.63) is 0 Å². The summed E-state index contributed by atoms with van der Waals surface area (Å²) in [6, 6.07) is 0. The Balaban J connectivity index is 2.47. The van der Waals surface area contributed by atoms with E-state index in [1.165, 1.54) is 0 Å². The van der Waals surface area contributed by atoms with Gasteiger partial charge in [-0.3, -0.25) is 4.79 Å². The van der Waals surface area contributed by atoms with Crippen molar-refractivity contribution in [2.24, 2.45) is 23.0 Å². The lowest BCUT2D eigenvalue weighted by molar-refractivity contribution is -0.159. The molecule has 18 heavy (non-hydrogen) atoms. The number of esters is 1. The summed E-state index contributed by atoms with van der Waals surface area (Å²) in [5.41, 5.74) is 5.46. The van der Waals surface area contributed by atoms with Gasteiger partial charge in [0.15, 0.2) is 0 Å². The minimum absolute atomic E-state index is 0.0557. The number of ether oxygens (including phenoxy) is 1. The topological polar surface area (TPSA) is 52.3 Å². The Bertz CT molecular complexity index is 257. The van der Waals surface area contributed by atoms with Crippen LogP contribution < -0.4 is 5.73 Å². The van der Waals surface area contributed by atoms with Gasteiger partial charge in [-0.2, -0.15) is 0 Å². The van der Waals surface area contributed by atoms with Crippen molar-refractivity contribution in [3.63, 3.8) is 0 Å². The minimum Gasteiger partial charge on any atom is -0.465 e. The van der Waals surface area contributed by atoms with E-state index in [1.54, 1.807) is 0 Å². The highest BCUT2D eigenvalue weighted by atomic mass is 16.5. The molecule has 3 heteroatoms. The predicted molar refractivity (Wildman–Crippen MR) is 74.2 cm³/mol. The van der Waals surface area contributed by atoms with Gasteiger partial charge in [-0.15, -0.1) is 0 Å². The van der Waals surface area contributed by atoms with E-state index in [2.05, 4.69) is 20.8 Å². The largest absolute Gasteiger partial charge is 0.465 e. The quantitative estimate of drug-likeness (QED) is 0.742. The van der Waals surface area contributed by atoms with Crippen LogP contribution in [0.4, 0.5) is 0 Å². The van der Waals surface area contributed by atoms with Crippen molar-refractivity contribution in [1.82, 2.24) is 0 Å². The zero-order valence-corrected chi connectivity index (χ0v) is 12.2. The van der Waals surface area contributed by atoms with Crippen LogP contribution in [0.2, 0.25) is 0 Å². The van der Waals surface area contributed by atoms with Crippen LogP contribution in [-0.4, -0.2) is 19.1 Å². The average molecular weight is 255 g/mol. The molecule has 0 bridgehead atoms. The normalized spacial score (nSPS) is 29.9. The molecule has 1 aliphatic rings. The van der Waals surface area contributed by atoms with E-state index in [4.69, 9.17) is 10.5 Å². The number of nitrogens with two attached hydrogens (primary N) is 1. The maximum atomic E-state index is 12.3. The van der Waals surface area contributed by atoms with Crippen LogP contribution in [0.5, 0.6) is 0 Å². The zero-order chi connectivity index (χ0) is 13.6. The molecule has 3 nitrogen and oxygen atoms in total. The summed E-state index contributed by atoms with van der Waals surface area (Å²) in [6.07, 6.45) is 6.23. The van der Waals surface area contributed by atoms with Gasteiger partial charge < -0.3 is 10.5 Å². The number of rotatable bonds is 6. The molecule has 0 aromatic heterocycles. The summed E-state index contributed by atoms with van der Waals surface area (Å²) >= 11 is 0. The molecule has 0 spiro atoms. The van der Waals surface area contributed by atoms with E-state index in [0.29, 0.717) is 19.1 Å². The Morgan fingerprint density at radius 3 is 2.56 bits per heavy atom. The molecule has 0 saturated heterocycles. The third-order valence-corrected chi connectivity index (χ3v) is 4.34.